The van der Waals surface area contributed by atoms with Gasteiger partial charge in [0.15, 0.2) is 0 Å². The van der Waals surface area contributed by atoms with Crippen molar-refractivity contribution in [1.82, 2.24) is 0 Å². The van der Waals surface area contributed by atoms with Crippen molar-refractivity contribution in [3.8, 4) is 5.75 Å². The molecule has 0 N–H and O–H groups in total. The van der Waals surface area contributed by atoms with Gasteiger partial charge in [0.1, 0.15) is 5.75 Å². The molecule has 4 aromatic rings. The van der Waals surface area contributed by atoms with Crippen LogP contribution in [0.2, 0.25) is 0 Å². The Labute approximate surface area is 208 Å². The fraction of sp³-hybridized carbons (Fsp3) is 0.182. The van der Waals surface area contributed by atoms with Crippen molar-refractivity contribution in [3.05, 3.63) is 137 Å². The van der Waals surface area contributed by atoms with E-state index >= 15 is 0 Å². The first-order chi connectivity index (χ1) is 17.1. The first-order valence-electron chi connectivity index (χ1n) is 12.3. The van der Waals surface area contributed by atoms with E-state index in [1.54, 1.807) is 0 Å². The molecule has 1 atom stereocenters. The van der Waals surface area contributed by atoms with Gasteiger partial charge in [0.05, 0.1) is 5.56 Å². The predicted octanol–water partition coefficient (Wildman–Crippen LogP) is 8.37. The van der Waals surface area contributed by atoms with Crippen molar-refractivity contribution in [1.29, 1.82) is 0 Å². The fourth-order valence-electron chi connectivity index (χ4n) is 4.12. The highest BCUT2D eigenvalue weighted by molar-refractivity contribution is 5.91. The molecular formula is C33H32O2. The van der Waals surface area contributed by atoms with Gasteiger partial charge in [-0.3, -0.25) is 0 Å². The van der Waals surface area contributed by atoms with E-state index in [1.165, 1.54) is 16.7 Å². The Morgan fingerprint density at radius 3 is 1.91 bits per heavy atom. The van der Waals surface area contributed by atoms with Gasteiger partial charge in [-0.15, -0.1) is 0 Å². The molecule has 2 nitrogen and oxygen atoms in total. The van der Waals surface area contributed by atoms with E-state index in [2.05, 4.69) is 80.6 Å². The molecule has 0 saturated carbocycles. The molecule has 0 bridgehead atoms. The summed E-state index contributed by atoms with van der Waals surface area (Å²) in [7, 11) is 0. The molecule has 0 aliphatic heterocycles. The highest BCUT2D eigenvalue weighted by Crippen LogP contribution is 2.21. The third-order valence-electron chi connectivity index (χ3n) is 6.18. The second-order valence-electron chi connectivity index (χ2n) is 9.00. The standard InChI is InChI=1S/C33H32O2/c1-3-7-26-18-22-32(23-19-26)35-33(34)31-20-16-28(17-21-31)11-10-27-12-14-29(15-13-27)24-25(2)30-8-5-4-6-9-30/h4-6,8-23,25H,3,7,24H2,1-2H3/t25-/m0/s1. The van der Waals surface area contributed by atoms with Crippen LogP contribution in [-0.2, 0) is 12.8 Å². The molecule has 0 saturated heterocycles. The van der Waals surface area contributed by atoms with Crippen molar-refractivity contribution < 1.29 is 9.53 Å². The number of esters is 1. The number of aryl methyl sites for hydroxylation is 1. The molecule has 0 spiro atoms. The molecule has 35 heavy (non-hydrogen) atoms. The Balaban J connectivity index is 1.32. The van der Waals surface area contributed by atoms with E-state index in [4.69, 9.17) is 4.74 Å². The molecular weight excluding hydrogens is 428 g/mol. The average molecular weight is 461 g/mol. The molecule has 0 heterocycles. The first kappa shape index (κ1) is 24.2. The van der Waals surface area contributed by atoms with Crippen LogP contribution in [0.4, 0.5) is 0 Å². The summed E-state index contributed by atoms with van der Waals surface area (Å²) in [6, 6.07) is 34.6. The molecule has 0 amide bonds. The summed E-state index contributed by atoms with van der Waals surface area (Å²) in [5.41, 5.74) is 6.68. The van der Waals surface area contributed by atoms with Crippen molar-refractivity contribution in [3.63, 3.8) is 0 Å². The lowest BCUT2D eigenvalue weighted by molar-refractivity contribution is 0.0734. The Morgan fingerprint density at radius 1 is 0.743 bits per heavy atom. The average Bonchev–Trinajstić information content (AvgIpc) is 2.90. The third-order valence-corrected chi connectivity index (χ3v) is 6.18. The molecule has 4 rings (SSSR count). The normalized spacial score (nSPS) is 11.9. The van der Waals surface area contributed by atoms with E-state index < -0.39 is 0 Å². The van der Waals surface area contributed by atoms with E-state index in [9.17, 15) is 4.79 Å². The molecule has 176 valence electrons. The van der Waals surface area contributed by atoms with E-state index in [0.717, 1.165) is 30.4 Å². The molecule has 0 aromatic heterocycles. The maximum Gasteiger partial charge on any atom is 0.343 e. The van der Waals surface area contributed by atoms with Gasteiger partial charge < -0.3 is 4.74 Å². The zero-order chi connectivity index (χ0) is 24.5. The zero-order valence-corrected chi connectivity index (χ0v) is 20.5. The van der Waals surface area contributed by atoms with Crippen LogP contribution < -0.4 is 4.74 Å². The number of carbonyl (C=O) groups excluding carboxylic acids is 1. The summed E-state index contributed by atoms with van der Waals surface area (Å²) < 4.78 is 5.51. The summed E-state index contributed by atoms with van der Waals surface area (Å²) in [4.78, 5) is 12.5. The van der Waals surface area contributed by atoms with Crippen LogP contribution in [0.25, 0.3) is 12.2 Å². The maximum atomic E-state index is 12.5. The van der Waals surface area contributed by atoms with Crippen LogP contribution in [0.5, 0.6) is 5.75 Å². The lowest BCUT2D eigenvalue weighted by atomic mass is 9.93. The van der Waals surface area contributed by atoms with Crippen molar-refractivity contribution in [2.24, 2.45) is 0 Å². The van der Waals surface area contributed by atoms with Gasteiger partial charge in [-0.05, 0) is 70.8 Å². The molecule has 0 fully saturated rings. The van der Waals surface area contributed by atoms with Crippen LogP contribution in [-0.4, -0.2) is 5.97 Å². The number of hydrogen-bond donors (Lipinski definition) is 0. The number of ether oxygens (including phenoxy) is 1. The van der Waals surface area contributed by atoms with Crippen molar-refractivity contribution in [2.45, 2.75) is 39.0 Å². The Kier molecular flexibility index (Phi) is 8.30. The summed E-state index contributed by atoms with van der Waals surface area (Å²) in [5.74, 6) is 0.716. The summed E-state index contributed by atoms with van der Waals surface area (Å²) in [6.07, 6.45) is 7.30. The summed E-state index contributed by atoms with van der Waals surface area (Å²) in [6.45, 7) is 4.42. The molecule has 4 aromatic carbocycles. The van der Waals surface area contributed by atoms with Gasteiger partial charge in [-0.2, -0.15) is 0 Å². The minimum absolute atomic E-state index is 0.343. The number of hydrogen-bond acceptors (Lipinski definition) is 2. The first-order valence-corrected chi connectivity index (χ1v) is 12.3. The second kappa shape index (κ2) is 12.0. The second-order valence-corrected chi connectivity index (χ2v) is 9.00. The predicted molar refractivity (Wildman–Crippen MR) is 146 cm³/mol. The fourth-order valence-corrected chi connectivity index (χ4v) is 4.12. The van der Waals surface area contributed by atoms with Gasteiger partial charge in [-0.25, -0.2) is 4.79 Å². The molecule has 0 unspecified atom stereocenters. The minimum atomic E-state index is -0.343. The maximum absolute atomic E-state index is 12.5. The number of benzene rings is 4. The van der Waals surface area contributed by atoms with Gasteiger partial charge in [0, 0.05) is 0 Å². The monoisotopic (exact) mass is 460 g/mol. The highest BCUT2D eigenvalue weighted by atomic mass is 16.5. The van der Waals surface area contributed by atoms with E-state index in [-0.39, 0.29) is 5.97 Å². The molecule has 0 aliphatic rings. The van der Waals surface area contributed by atoms with Crippen LogP contribution >= 0.6 is 0 Å². The SMILES string of the molecule is CCCc1ccc(OC(=O)c2ccc(C=Cc3ccc(C[C@H](C)c4ccccc4)cc3)cc2)cc1. The van der Waals surface area contributed by atoms with E-state index in [0.29, 0.717) is 17.2 Å². The largest absolute Gasteiger partial charge is 0.423 e. The summed E-state index contributed by atoms with van der Waals surface area (Å²) >= 11 is 0. The molecule has 0 aliphatic carbocycles. The Hall–Kier alpha value is -3.91. The Bertz CT molecular complexity index is 1240. The van der Waals surface area contributed by atoms with E-state index in [1.807, 2.05) is 48.5 Å². The minimum Gasteiger partial charge on any atom is -0.423 e. The van der Waals surface area contributed by atoms with Crippen LogP contribution in [0.15, 0.2) is 103 Å². The van der Waals surface area contributed by atoms with Crippen molar-refractivity contribution in [2.75, 3.05) is 0 Å². The Morgan fingerprint density at radius 2 is 1.31 bits per heavy atom. The molecule has 2 heteroatoms. The number of rotatable bonds is 9. The van der Waals surface area contributed by atoms with Crippen LogP contribution in [0, 0.1) is 0 Å². The molecule has 0 radical (unpaired) electrons. The third kappa shape index (κ3) is 7.04. The highest BCUT2D eigenvalue weighted by Gasteiger charge is 2.09. The van der Waals surface area contributed by atoms with Crippen LogP contribution in [0.3, 0.4) is 0 Å². The smallest absolute Gasteiger partial charge is 0.343 e. The summed E-state index contributed by atoms with van der Waals surface area (Å²) in [5, 5.41) is 0. The topological polar surface area (TPSA) is 26.3 Å². The lowest BCUT2D eigenvalue weighted by Crippen LogP contribution is -2.08. The van der Waals surface area contributed by atoms with Crippen LogP contribution in [0.1, 0.15) is 64.4 Å². The van der Waals surface area contributed by atoms with Gasteiger partial charge in [-0.1, -0.05) is 111 Å². The lowest BCUT2D eigenvalue weighted by Gasteiger charge is -2.12. The number of carbonyl (C=O) groups is 1. The van der Waals surface area contributed by atoms with Crippen molar-refractivity contribution >= 4 is 18.1 Å². The zero-order valence-electron chi connectivity index (χ0n) is 20.5. The quantitative estimate of drug-likeness (QED) is 0.142. The van der Waals surface area contributed by atoms with Gasteiger partial charge in [0.25, 0.3) is 0 Å². The van der Waals surface area contributed by atoms with Gasteiger partial charge >= 0.3 is 5.97 Å². The van der Waals surface area contributed by atoms with Gasteiger partial charge in [0.2, 0.25) is 0 Å².